The zero-order valence-electron chi connectivity index (χ0n) is 21.6. The first-order valence-corrected chi connectivity index (χ1v) is 13.9. The summed E-state index contributed by atoms with van der Waals surface area (Å²) in [5, 5.41) is 3.80. The van der Waals surface area contributed by atoms with E-state index in [4.69, 9.17) is 16.2 Å². The number of amides is 3. The van der Waals surface area contributed by atoms with E-state index in [1.165, 1.54) is 16.9 Å². The second-order valence-electron chi connectivity index (χ2n) is 9.38. The fraction of sp³-hybridized carbons (Fsp3) is 0.393. The van der Waals surface area contributed by atoms with Crippen LogP contribution in [0.2, 0.25) is 0 Å². The van der Waals surface area contributed by atoms with Crippen LogP contribution in [0.3, 0.4) is 0 Å². The molecule has 0 bridgehead atoms. The smallest absolute Gasteiger partial charge is 0.324 e. The van der Waals surface area contributed by atoms with Crippen molar-refractivity contribution in [1.82, 2.24) is 14.8 Å². The summed E-state index contributed by atoms with van der Waals surface area (Å²) < 4.78 is 5.46. The Morgan fingerprint density at radius 3 is 2.45 bits per heavy atom. The minimum Gasteiger partial charge on any atom is -0.396 e. The minimum atomic E-state index is -0.576. The van der Waals surface area contributed by atoms with E-state index in [9.17, 15) is 9.59 Å². The molecule has 0 saturated carbocycles. The number of nitrogens with two attached hydrogens (primary N) is 2. The van der Waals surface area contributed by atoms with Crippen LogP contribution in [-0.2, 0) is 17.7 Å². The van der Waals surface area contributed by atoms with Crippen molar-refractivity contribution in [2.75, 3.05) is 56.6 Å². The maximum atomic E-state index is 14.1. The van der Waals surface area contributed by atoms with E-state index in [2.05, 4.69) is 22.0 Å². The number of carbonyl (C=O) groups excluding carboxylic acids is 2. The highest BCUT2D eigenvalue weighted by Crippen LogP contribution is 2.29. The Hall–Kier alpha value is -3.47. The van der Waals surface area contributed by atoms with Crippen molar-refractivity contribution in [3.05, 3.63) is 76.2 Å². The third-order valence-electron chi connectivity index (χ3n) is 6.61. The quantitative estimate of drug-likeness (QED) is 0.365. The van der Waals surface area contributed by atoms with Crippen LogP contribution in [0.25, 0.3) is 0 Å². The molecule has 4 rings (SSSR count). The summed E-state index contributed by atoms with van der Waals surface area (Å²) in [5.41, 5.74) is 15.2. The topological polar surface area (TPSA) is 118 Å². The fourth-order valence-electron chi connectivity index (χ4n) is 4.53. The molecule has 0 spiro atoms. The number of aromatic nitrogens is 1. The van der Waals surface area contributed by atoms with Gasteiger partial charge in [0, 0.05) is 56.2 Å². The minimum absolute atomic E-state index is 0.0934. The molecule has 3 aromatic rings. The number of carbonyl (C=O) groups is 2. The SMILES string of the molecule is NC(=O)c1ccc(CN(CCCN2CCOCC2)C(=O)N(CCCc2ccccc2)c2cscc2N)cn1. The van der Waals surface area contributed by atoms with Crippen molar-refractivity contribution in [2.24, 2.45) is 5.73 Å². The molecule has 0 aliphatic carbocycles. The molecule has 0 unspecified atom stereocenters. The van der Waals surface area contributed by atoms with Crippen molar-refractivity contribution >= 4 is 34.6 Å². The zero-order valence-corrected chi connectivity index (χ0v) is 22.4. The molecule has 202 valence electrons. The second kappa shape index (κ2) is 13.9. The fourth-order valence-corrected chi connectivity index (χ4v) is 5.26. The molecule has 3 heterocycles. The summed E-state index contributed by atoms with van der Waals surface area (Å²) in [5.74, 6) is -0.576. The number of hydrogen-bond donors (Lipinski definition) is 2. The number of nitrogens with zero attached hydrogens (tertiary/aromatic N) is 4. The average Bonchev–Trinajstić information content (AvgIpc) is 3.37. The zero-order chi connectivity index (χ0) is 26.7. The number of hydrogen-bond acceptors (Lipinski definition) is 7. The molecule has 0 radical (unpaired) electrons. The second-order valence-corrected chi connectivity index (χ2v) is 10.1. The number of thiophene rings is 1. The summed E-state index contributed by atoms with van der Waals surface area (Å²) in [7, 11) is 0. The van der Waals surface area contributed by atoms with Gasteiger partial charge in [0.15, 0.2) is 0 Å². The van der Waals surface area contributed by atoms with E-state index in [-0.39, 0.29) is 11.7 Å². The van der Waals surface area contributed by atoms with Crippen molar-refractivity contribution in [3.8, 4) is 0 Å². The van der Waals surface area contributed by atoms with Crippen LogP contribution >= 0.6 is 11.3 Å². The molecule has 1 fully saturated rings. The van der Waals surface area contributed by atoms with Gasteiger partial charge in [-0.1, -0.05) is 36.4 Å². The van der Waals surface area contributed by atoms with E-state index in [0.717, 1.165) is 63.4 Å². The molecule has 38 heavy (non-hydrogen) atoms. The number of primary amides is 1. The number of rotatable bonds is 12. The summed E-state index contributed by atoms with van der Waals surface area (Å²) in [6.45, 7) is 5.68. The predicted molar refractivity (Wildman–Crippen MR) is 151 cm³/mol. The van der Waals surface area contributed by atoms with Gasteiger partial charge in [-0.25, -0.2) is 4.79 Å². The van der Waals surface area contributed by atoms with Gasteiger partial charge in [0.2, 0.25) is 0 Å². The third-order valence-corrected chi connectivity index (χ3v) is 7.36. The van der Waals surface area contributed by atoms with Gasteiger partial charge in [0.05, 0.1) is 24.6 Å². The lowest BCUT2D eigenvalue weighted by Crippen LogP contribution is -2.45. The summed E-state index contributed by atoms with van der Waals surface area (Å²) in [4.78, 5) is 35.7. The Balaban J connectivity index is 1.50. The van der Waals surface area contributed by atoms with Crippen LogP contribution in [0.4, 0.5) is 16.2 Å². The first-order chi connectivity index (χ1) is 18.5. The number of urea groups is 1. The Bertz CT molecular complexity index is 1160. The first kappa shape index (κ1) is 27.6. The van der Waals surface area contributed by atoms with Gasteiger partial charge in [-0.3, -0.25) is 19.6 Å². The largest absolute Gasteiger partial charge is 0.396 e. The highest BCUT2D eigenvalue weighted by atomic mass is 32.1. The first-order valence-electron chi connectivity index (χ1n) is 13.0. The maximum Gasteiger partial charge on any atom is 0.324 e. The molecule has 3 amide bonds. The highest BCUT2D eigenvalue weighted by molar-refractivity contribution is 7.09. The van der Waals surface area contributed by atoms with Gasteiger partial charge in [0.25, 0.3) is 5.91 Å². The van der Waals surface area contributed by atoms with Gasteiger partial charge in [-0.05, 0) is 36.5 Å². The lowest BCUT2D eigenvalue weighted by molar-refractivity contribution is 0.0365. The van der Waals surface area contributed by atoms with Crippen LogP contribution < -0.4 is 16.4 Å². The molecule has 9 nitrogen and oxygen atoms in total. The monoisotopic (exact) mass is 536 g/mol. The van der Waals surface area contributed by atoms with Gasteiger partial charge >= 0.3 is 6.03 Å². The molecular formula is C28H36N6O3S. The molecule has 1 aromatic carbocycles. The van der Waals surface area contributed by atoms with Crippen LogP contribution in [0.1, 0.15) is 34.5 Å². The predicted octanol–water partition coefficient (Wildman–Crippen LogP) is 3.61. The normalized spacial score (nSPS) is 13.8. The standard InChI is InChI=1S/C28H36N6O3S/c29-24-20-38-21-26(24)34(13-4-8-22-6-2-1-3-7-22)28(36)33(12-5-11-32-14-16-37-17-15-32)19-23-9-10-25(27(30)35)31-18-23/h1-3,6-7,9-10,18,20-21H,4-5,8,11-17,19,29H2,(H2,30,35). The number of aryl methyl sites for hydroxylation is 1. The van der Waals surface area contributed by atoms with Crippen LogP contribution in [0, 0.1) is 0 Å². The van der Waals surface area contributed by atoms with Gasteiger partial charge in [-0.15, -0.1) is 11.3 Å². The van der Waals surface area contributed by atoms with Gasteiger partial charge < -0.3 is 21.1 Å². The summed E-state index contributed by atoms with van der Waals surface area (Å²) in [6, 6.07) is 13.6. The summed E-state index contributed by atoms with van der Waals surface area (Å²) in [6.07, 6.45) is 4.11. The summed E-state index contributed by atoms with van der Waals surface area (Å²) >= 11 is 1.49. The lowest BCUT2D eigenvalue weighted by Gasteiger charge is -2.32. The number of benzene rings is 1. The Labute approximate surface area is 228 Å². The van der Waals surface area contributed by atoms with E-state index in [0.29, 0.717) is 25.3 Å². The van der Waals surface area contributed by atoms with E-state index >= 15 is 0 Å². The molecule has 10 heteroatoms. The number of ether oxygens (including phenoxy) is 1. The Morgan fingerprint density at radius 1 is 1.00 bits per heavy atom. The maximum absolute atomic E-state index is 14.1. The molecule has 1 aliphatic heterocycles. The van der Waals surface area contributed by atoms with Crippen molar-refractivity contribution in [1.29, 1.82) is 0 Å². The van der Waals surface area contributed by atoms with Crippen LogP contribution in [0.15, 0.2) is 59.4 Å². The van der Waals surface area contributed by atoms with E-state index in [1.54, 1.807) is 23.2 Å². The molecule has 0 atom stereocenters. The molecule has 1 aliphatic rings. The lowest BCUT2D eigenvalue weighted by atomic mass is 10.1. The van der Waals surface area contributed by atoms with Crippen molar-refractivity contribution < 1.29 is 14.3 Å². The van der Waals surface area contributed by atoms with E-state index < -0.39 is 5.91 Å². The van der Waals surface area contributed by atoms with Crippen LogP contribution in [-0.4, -0.2) is 72.7 Å². The average molecular weight is 537 g/mol. The number of nitrogen functional groups attached to an aromatic ring is 1. The molecule has 4 N–H and O–H groups in total. The molecule has 2 aromatic heterocycles. The number of anilines is 2. The number of pyridine rings is 1. The van der Waals surface area contributed by atoms with Crippen molar-refractivity contribution in [2.45, 2.75) is 25.8 Å². The molecule has 1 saturated heterocycles. The highest BCUT2D eigenvalue weighted by Gasteiger charge is 2.25. The molecular weight excluding hydrogens is 500 g/mol. The van der Waals surface area contributed by atoms with Crippen molar-refractivity contribution in [3.63, 3.8) is 0 Å². The van der Waals surface area contributed by atoms with Crippen LogP contribution in [0.5, 0.6) is 0 Å². The van der Waals surface area contributed by atoms with E-state index in [1.807, 2.05) is 33.9 Å². The number of morpholine rings is 1. The van der Waals surface area contributed by atoms with Gasteiger partial charge in [0.1, 0.15) is 5.69 Å². The Morgan fingerprint density at radius 2 is 1.79 bits per heavy atom. The third kappa shape index (κ3) is 7.77. The Kier molecular flexibility index (Phi) is 10.1. The van der Waals surface area contributed by atoms with Gasteiger partial charge in [-0.2, -0.15) is 0 Å².